The number of ether oxygens (including phenoxy) is 4. The normalized spacial score (nSPS) is 29.6. The number of fused-ring (bicyclic) bond motifs is 2. The zero-order valence-electron chi connectivity index (χ0n) is 18.3. The van der Waals surface area contributed by atoms with Gasteiger partial charge in [0, 0.05) is 11.8 Å². The molecule has 0 heterocycles. The van der Waals surface area contributed by atoms with Crippen LogP contribution in [0.3, 0.4) is 0 Å². The van der Waals surface area contributed by atoms with Crippen LogP contribution in [-0.4, -0.2) is 50.3 Å². The molecule has 0 N–H and O–H groups in total. The van der Waals surface area contributed by atoms with Crippen molar-refractivity contribution in [1.82, 2.24) is 0 Å². The fourth-order valence-electron chi connectivity index (χ4n) is 4.90. The Morgan fingerprint density at radius 3 is 1.27 bits per heavy atom. The van der Waals surface area contributed by atoms with Crippen LogP contribution in [0.15, 0.2) is 11.6 Å². The summed E-state index contributed by atoms with van der Waals surface area (Å²) in [5, 5.41) is 0. The van der Waals surface area contributed by atoms with E-state index in [0.29, 0.717) is 6.42 Å². The van der Waals surface area contributed by atoms with Crippen molar-refractivity contribution >= 4 is 23.9 Å². The summed E-state index contributed by atoms with van der Waals surface area (Å²) < 4.78 is 21.0. The van der Waals surface area contributed by atoms with Gasteiger partial charge >= 0.3 is 23.9 Å². The van der Waals surface area contributed by atoms with Gasteiger partial charge in [0.15, 0.2) is 0 Å². The van der Waals surface area contributed by atoms with Gasteiger partial charge in [-0.1, -0.05) is 18.6 Å². The summed E-state index contributed by atoms with van der Waals surface area (Å²) in [5.41, 5.74) is 0.845. The number of esters is 4. The van der Waals surface area contributed by atoms with Gasteiger partial charge in [-0.2, -0.15) is 0 Å². The predicted molar refractivity (Wildman–Crippen MR) is 106 cm³/mol. The Morgan fingerprint density at radius 1 is 0.633 bits per heavy atom. The van der Waals surface area contributed by atoms with E-state index in [1.807, 2.05) is 13.0 Å². The minimum Gasteiger partial charge on any atom is -0.466 e. The first-order valence-electron chi connectivity index (χ1n) is 10.7. The van der Waals surface area contributed by atoms with E-state index in [9.17, 15) is 19.2 Å². The van der Waals surface area contributed by atoms with Gasteiger partial charge in [-0.25, -0.2) is 0 Å². The van der Waals surface area contributed by atoms with E-state index in [2.05, 4.69) is 0 Å². The van der Waals surface area contributed by atoms with Gasteiger partial charge in [-0.05, 0) is 34.1 Å². The second-order valence-corrected chi connectivity index (χ2v) is 7.31. The maximum absolute atomic E-state index is 13.0. The van der Waals surface area contributed by atoms with Crippen LogP contribution in [0, 0.1) is 35.5 Å². The summed E-state index contributed by atoms with van der Waals surface area (Å²) >= 11 is 0. The van der Waals surface area contributed by atoms with Crippen molar-refractivity contribution in [2.45, 2.75) is 41.0 Å². The Labute approximate surface area is 177 Å². The highest BCUT2D eigenvalue weighted by Crippen LogP contribution is 2.56. The first-order valence-corrected chi connectivity index (χ1v) is 10.7. The first kappa shape index (κ1) is 23.9. The molecule has 0 spiro atoms. The molecule has 3 aliphatic carbocycles. The lowest BCUT2D eigenvalue weighted by Gasteiger charge is -2.51. The number of hydrogen-bond acceptors (Lipinski definition) is 8. The number of carbonyl (C=O) groups excluding carboxylic acids is 4. The highest BCUT2D eigenvalue weighted by atomic mass is 16.5. The lowest BCUT2D eigenvalue weighted by Crippen LogP contribution is -2.59. The highest BCUT2D eigenvalue weighted by molar-refractivity contribution is 5.90. The molecule has 168 valence electrons. The number of allylic oxidation sites excluding steroid dienone is 2. The molecule has 0 radical (unpaired) electrons. The molecule has 0 amide bonds. The van der Waals surface area contributed by atoms with Crippen LogP contribution in [0.5, 0.6) is 0 Å². The van der Waals surface area contributed by atoms with E-state index < -0.39 is 59.4 Å². The van der Waals surface area contributed by atoms with Gasteiger partial charge in [-0.15, -0.1) is 0 Å². The quantitative estimate of drug-likeness (QED) is 0.315. The minimum atomic E-state index is -0.926. The summed E-state index contributed by atoms with van der Waals surface area (Å²) in [5.74, 6) is -7.39. The van der Waals surface area contributed by atoms with Crippen molar-refractivity contribution in [3.8, 4) is 0 Å². The summed E-state index contributed by atoms with van der Waals surface area (Å²) in [6.45, 7) is 9.17. The number of rotatable bonds is 9. The maximum Gasteiger partial charge on any atom is 0.310 e. The molecule has 8 heteroatoms. The molecule has 3 aliphatic rings. The molecule has 4 unspecified atom stereocenters. The van der Waals surface area contributed by atoms with Gasteiger partial charge < -0.3 is 18.9 Å². The Balaban J connectivity index is 2.66. The standard InChI is InChI=1S/C22H32O8/c1-6-12-11-13-15(19(23)27-7-2)17(21(25)29-9-4)14(12)18(22(26)30-10-5)16(13)20(24)28-8-3/h11,13-18H,6-10H2,1-5H3. The van der Waals surface area contributed by atoms with Gasteiger partial charge in [0.05, 0.1) is 50.1 Å². The third-order valence-electron chi connectivity index (χ3n) is 5.85. The molecular weight excluding hydrogens is 392 g/mol. The van der Waals surface area contributed by atoms with Gasteiger partial charge in [-0.3, -0.25) is 19.2 Å². The van der Waals surface area contributed by atoms with Crippen LogP contribution in [0.4, 0.5) is 0 Å². The number of carbonyl (C=O) groups is 4. The smallest absolute Gasteiger partial charge is 0.310 e. The highest BCUT2D eigenvalue weighted by Gasteiger charge is 2.64. The van der Waals surface area contributed by atoms with Crippen LogP contribution >= 0.6 is 0 Å². The van der Waals surface area contributed by atoms with E-state index in [4.69, 9.17) is 18.9 Å². The van der Waals surface area contributed by atoms with E-state index in [0.717, 1.165) is 5.57 Å². The monoisotopic (exact) mass is 424 g/mol. The van der Waals surface area contributed by atoms with E-state index in [-0.39, 0.29) is 26.4 Å². The minimum absolute atomic E-state index is 0.137. The van der Waals surface area contributed by atoms with Crippen LogP contribution in [0.1, 0.15) is 41.0 Å². The zero-order chi connectivity index (χ0) is 22.4. The lowest BCUT2D eigenvalue weighted by atomic mass is 9.50. The maximum atomic E-state index is 13.0. The molecule has 30 heavy (non-hydrogen) atoms. The van der Waals surface area contributed by atoms with Gasteiger partial charge in [0.2, 0.25) is 0 Å². The van der Waals surface area contributed by atoms with Gasteiger partial charge in [0.1, 0.15) is 0 Å². The Hall–Kier alpha value is -2.38. The molecule has 2 bridgehead atoms. The third-order valence-corrected chi connectivity index (χ3v) is 5.85. The zero-order valence-corrected chi connectivity index (χ0v) is 18.3. The molecule has 0 aliphatic heterocycles. The van der Waals surface area contributed by atoms with E-state index in [1.165, 1.54) is 0 Å². The summed E-state index contributed by atoms with van der Waals surface area (Å²) in [6.07, 6.45) is 2.41. The molecule has 1 fully saturated rings. The van der Waals surface area contributed by atoms with Crippen molar-refractivity contribution in [3.05, 3.63) is 11.6 Å². The third kappa shape index (κ3) is 4.37. The SMILES string of the molecule is CCOC(=O)C1C2C=C(CC)C(C1C(=O)OCC)C(C(=O)OCC)C2C(=O)OCC. The largest absolute Gasteiger partial charge is 0.466 e. The lowest BCUT2D eigenvalue weighted by molar-refractivity contribution is -0.186. The van der Waals surface area contributed by atoms with Gasteiger partial charge in [0.25, 0.3) is 0 Å². The molecule has 4 atom stereocenters. The average molecular weight is 424 g/mol. The Morgan fingerprint density at radius 2 is 0.967 bits per heavy atom. The Kier molecular flexibility index (Phi) is 8.43. The number of hydrogen-bond donors (Lipinski definition) is 0. The van der Waals surface area contributed by atoms with Crippen molar-refractivity contribution < 1.29 is 38.1 Å². The predicted octanol–water partition coefficient (Wildman–Crippen LogP) is 2.30. The molecule has 0 saturated heterocycles. The summed E-state index contributed by atoms with van der Waals surface area (Å²) in [4.78, 5) is 51.7. The second kappa shape index (κ2) is 10.6. The average Bonchev–Trinajstić information content (AvgIpc) is 2.72. The van der Waals surface area contributed by atoms with Crippen LogP contribution in [0.25, 0.3) is 0 Å². The fraction of sp³-hybridized carbons (Fsp3) is 0.727. The summed E-state index contributed by atoms with van der Waals surface area (Å²) in [6, 6.07) is 0. The fourth-order valence-corrected chi connectivity index (χ4v) is 4.90. The van der Waals surface area contributed by atoms with Crippen LogP contribution < -0.4 is 0 Å². The molecule has 0 aromatic carbocycles. The molecular formula is C22H32O8. The molecule has 0 aromatic heterocycles. The second-order valence-electron chi connectivity index (χ2n) is 7.31. The van der Waals surface area contributed by atoms with E-state index >= 15 is 0 Å². The molecule has 1 saturated carbocycles. The van der Waals surface area contributed by atoms with Crippen molar-refractivity contribution in [3.63, 3.8) is 0 Å². The summed E-state index contributed by atoms with van der Waals surface area (Å²) in [7, 11) is 0. The van der Waals surface area contributed by atoms with Crippen molar-refractivity contribution in [2.75, 3.05) is 26.4 Å². The van der Waals surface area contributed by atoms with Crippen molar-refractivity contribution in [1.29, 1.82) is 0 Å². The topological polar surface area (TPSA) is 105 Å². The Bertz CT molecular complexity index is 649. The van der Waals surface area contributed by atoms with E-state index in [1.54, 1.807) is 27.7 Å². The van der Waals surface area contributed by atoms with Crippen LogP contribution in [0.2, 0.25) is 0 Å². The van der Waals surface area contributed by atoms with Crippen LogP contribution in [-0.2, 0) is 38.1 Å². The first-order chi connectivity index (χ1) is 14.4. The molecule has 0 aromatic rings. The van der Waals surface area contributed by atoms with Crippen molar-refractivity contribution in [2.24, 2.45) is 35.5 Å². The molecule has 8 nitrogen and oxygen atoms in total. The molecule has 3 rings (SSSR count).